The fraction of sp³-hybridized carbons (Fsp3) is 0.368. The number of likely N-dealkylation sites (N-methyl/N-ethyl adjacent to an activating group) is 1. The monoisotopic (exact) mass is 368 g/mol. The number of anilines is 3. The molecular formula is C19H24N6O2. The van der Waals surface area contributed by atoms with Crippen molar-refractivity contribution in [3.63, 3.8) is 0 Å². The molecule has 1 aromatic carbocycles. The lowest BCUT2D eigenvalue weighted by Gasteiger charge is -2.34. The quantitative estimate of drug-likeness (QED) is 0.837. The smallest absolute Gasteiger partial charge is 0.276 e. The third kappa shape index (κ3) is 5.01. The lowest BCUT2D eigenvalue weighted by molar-refractivity contribution is -0.114. The number of piperazine rings is 1. The van der Waals surface area contributed by atoms with Crippen LogP contribution in [0.25, 0.3) is 0 Å². The minimum Gasteiger partial charge on any atom is -0.353 e. The molecule has 0 atom stereocenters. The first kappa shape index (κ1) is 18.8. The van der Waals surface area contributed by atoms with E-state index in [1.54, 1.807) is 30.3 Å². The summed E-state index contributed by atoms with van der Waals surface area (Å²) < 4.78 is 0. The van der Waals surface area contributed by atoms with Gasteiger partial charge in [-0.1, -0.05) is 13.0 Å². The van der Waals surface area contributed by atoms with Gasteiger partial charge in [-0.2, -0.15) is 0 Å². The number of rotatable bonds is 5. The Kier molecular flexibility index (Phi) is 5.97. The number of hydrogen-bond donors (Lipinski definition) is 2. The zero-order chi connectivity index (χ0) is 19.2. The lowest BCUT2D eigenvalue weighted by Crippen LogP contribution is -2.46. The number of amides is 2. The number of nitrogens with zero attached hydrogens (tertiary/aromatic N) is 4. The third-order valence-electron chi connectivity index (χ3n) is 4.47. The highest BCUT2D eigenvalue weighted by Crippen LogP contribution is 2.17. The third-order valence-corrected chi connectivity index (χ3v) is 4.47. The van der Waals surface area contributed by atoms with E-state index < -0.39 is 0 Å². The predicted octanol–water partition coefficient (Wildman–Crippen LogP) is 1.83. The van der Waals surface area contributed by atoms with Gasteiger partial charge in [0.25, 0.3) is 5.91 Å². The Morgan fingerprint density at radius 3 is 2.30 bits per heavy atom. The predicted molar refractivity (Wildman–Crippen MR) is 105 cm³/mol. The van der Waals surface area contributed by atoms with Crippen molar-refractivity contribution in [3.05, 3.63) is 42.1 Å². The van der Waals surface area contributed by atoms with Crippen molar-refractivity contribution in [1.29, 1.82) is 0 Å². The lowest BCUT2D eigenvalue weighted by atomic mass is 10.2. The Morgan fingerprint density at radius 1 is 1.00 bits per heavy atom. The van der Waals surface area contributed by atoms with Crippen molar-refractivity contribution in [2.24, 2.45) is 0 Å². The molecule has 1 aliphatic rings. The Labute approximate surface area is 158 Å². The summed E-state index contributed by atoms with van der Waals surface area (Å²) in [6, 6.07) is 10.5. The number of hydrogen-bond acceptors (Lipinski definition) is 6. The van der Waals surface area contributed by atoms with Crippen LogP contribution in [-0.2, 0) is 4.79 Å². The van der Waals surface area contributed by atoms with Crippen molar-refractivity contribution >= 4 is 29.0 Å². The zero-order valence-corrected chi connectivity index (χ0v) is 15.6. The molecule has 0 saturated carbocycles. The molecule has 3 rings (SSSR count). The number of benzene rings is 1. The van der Waals surface area contributed by atoms with E-state index in [1.807, 2.05) is 6.07 Å². The summed E-state index contributed by atoms with van der Waals surface area (Å²) in [5.41, 5.74) is 1.44. The van der Waals surface area contributed by atoms with Crippen LogP contribution >= 0.6 is 0 Å². The molecule has 1 aromatic heterocycles. The van der Waals surface area contributed by atoms with E-state index >= 15 is 0 Å². The zero-order valence-electron chi connectivity index (χ0n) is 15.6. The number of carbonyl (C=O) groups is 2. The normalized spacial score (nSPS) is 14.7. The van der Waals surface area contributed by atoms with Gasteiger partial charge in [0.05, 0.1) is 0 Å². The van der Waals surface area contributed by atoms with E-state index in [0.29, 0.717) is 11.4 Å². The van der Waals surface area contributed by atoms with Gasteiger partial charge in [-0.25, -0.2) is 0 Å². The summed E-state index contributed by atoms with van der Waals surface area (Å²) in [5.74, 6) is 0.277. The van der Waals surface area contributed by atoms with E-state index in [1.165, 1.54) is 6.92 Å². The van der Waals surface area contributed by atoms with Gasteiger partial charge in [0.1, 0.15) is 0 Å². The minimum absolute atomic E-state index is 0.167. The molecule has 0 spiro atoms. The van der Waals surface area contributed by atoms with E-state index in [2.05, 4.69) is 37.6 Å². The Morgan fingerprint density at radius 2 is 1.70 bits per heavy atom. The molecule has 2 aromatic rings. The maximum Gasteiger partial charge on any atom is 0.276 e. The molecule has 0 unspecified atom stereocenters. The van der Waals surface area contributed by atoms with Gasteiger partial charge in [-0.15, -0.1) is 10.2 Å². The number of carbonyl (C=O) groups excluding carboxylic acids is 2. The Hall–Kier alpha value is -3.00. The van der Waals surface area contributed by atoms with Crippen molar-refractivity contribution in [1.82, 2.24) is 15.1 Å². The maximum absolute atomic E-state index is 12.4. The first-order chi connectivity index (χ1) is 13.0. The number of nitrogens with one attached hydrogen (secondary N) is 2. The van der Waals surface area contributed by atoms with Crippen LogP contribution in [0.2, 0.25) is 0 Å². The molecule has 2 N–H and O–H groups in total. The van der Waals surface area contributed by atoms with Gasteiger partial charge in [-0.3, -0.25) is 9.59 Å². The van der Waals surface area contributed by atoms with Gasteiger partial charge >= 0.3 is 0 Å². The molecule has 1 fully saturated rings. The van der Waals surface area contributed by atoms with Gasteiger partial charge in [0.15, 0.2) is 11.5 Å². The highest BCUT2D eigenvalue weighted by atomic mass is 16.2. The topological polar surface area (TPSA) is 90.5 Å². The average molecular weight is 368 g/mol. The molecule has 8 nitrogen and oxygen atoms in total. The second-order valence-corrected chi connectivity index (χ2v) is 6.41. The highest BCUT2D eigenvalue weighted by Gasteiger charge is 2.18. The standard InChI is InChI=1S/C19H24N6O2/c1-3-24-9-11-25(12-10-24)18-8-7-17(22-23-18)19(27)21-16-6-4-5-15(13-16)20-14(2)26/h4-8,13H,3,9-12H2,1-2H3,(H,20,26)(H,21,27). The van der Waals surface area contributed by atoms with Crippen molar-refractivity contribution in [2.45, 2.75) is 13.8 Å². The first-order valence-corrected chi connectivity index (χ1v) is 9.05. The van der Waals surface area contributed by atoms with Crippen LogP contribution in [0.4, 0.5) is 17.2 Å². The highest BCUT2D eigenvalue weighted by molar-refractivity contribution is 6.03. The largest absolute Gasteiger partial charge is 0.353 e. The Balaban J connectivity index is 1.62. The molecule has 1 saturated heterocycles. The van der Waals surface area contributed by atoms with Crippen molar-refractivity contribution in [3.8, 4) is 0 Å². The molecule has 142 valence electrons. The maximum atomic E-state index is 12.4. The summed E-state index contributed by atoms with van der Waals surface area (Å²) in [6.07, 6.45) is 0. The fourth-order valence-electron chi connectivity index (χ4n) is 2.98. The van der Waals surface area contributed by atoms with Crippen LogP contribution in [0.1, 0.15) is 24.3 Å². The van der Waals surface area contributed by atoms with Gasteiger partial charge in [0, 0.05) is 44.5 Å². The van der Waals surface area contributed by atoms with E-state index in [-0.39, 0.29) is 17.5 Å². The van der Waals surface area contributed by atoms with Crippen LogP contribution in [0.15, 0.2) is 36.4 Å². The SMILES string of the molecule is CCN1CCN(c2ccc(C(=O)Nc3cccc(NC(C)=O)c3)nn2)CC1. The van der Waals surface area contributed by atoms with Gasteiger partial charge in [0.2, 0.25) is 5.91 Å². The fourth-order valence-corrected chi connectivity index (χ4v) is 2.98. The molecule has 27 heavy (non-hydrogen) atoms. The Bertz CT molecular complexity index is 800. The first-order valence-electron chi connectivity index (χ1n) is 9.05. The van der Waals surface area contributed by atoms with Crippen molar-refractivity contribution in [2.75, 3.05) is 48.3 Å². The van der Waals surface area contributed by atoms with Crippen LogP contribution in [0.3, 0.4) is 0 Å². The summed E-state index contributed by atoms with van der Waals surface area (Å²) in [4.78, 5) is 28.1. The minimum atomic E-state index is -0.343. The van der Waals surface area contributed by atoms with Gasteiger partial charge in [-0.05, 0) is 36.9 Å². The molecule has 1 aliphatic heterocycles. The van der Waals surface area contributed by atoms with Crippen molar-refractivity contribution < 1.29 is 9.59 Å². The molecule has 0 bridgehead atoms. The van der Waals surface area contributed by atoms with Gasteiger partial charge < -0.3 is 20.4 Å². The van der Waals surface area contributed by atoms with E-state index in [9.17, 15) is 9.59 Å². The van der Waals surface area contributed by atoms with Crippen LogP contribution < -0.4 is 15.5 Å². The molecular weight excluding hydrogens is 344 g/mol. The molecule has 8 heteroatoms. The summed E-state index contributed by atoms with van der Waals surface area (Å²) in [5, 5.41) is 13.7. The average Bonchev–Trinajstić information content (AvgIpc) is 2.68. The summed E-state index contributed by atoms with van der Waals surface area (Å²) in [6.45, 7) is 8.48. The van der Waals surface area contributed by atoms with E-state index in [4.69, 9.17) is 0 Å². The molecule has 0 aliphatic carbocycles. The molecule has 2 amide bonds. The van der Waals surface area contributed by atoms with Crippen LogP contribution in [0.5, 0.6) is 0 Å². The molecule has 2 heterocycles. The molecule has 0 radical (unpaired) electrons. The number of aromatic nitrogens is 2. The summed E-state index contributed by atoms with van der Waals surface area (Å²) >= 11 is 0. The second-order valence-electron chi connectivity index (χ2n) is 6.41. The van der Waals surface area contributed by atoms with E-state index in [0.717, 1.165) is 38.5 Å². The second kappa shape index (κ2) is 8.59. The van der Waals surface area contributed by atoms with Crippen LogP contribution in [0, 0.1) is 0 Å². The summed E-state index contributed by atoms with van der Waals surface area (Å²) in [7, 11) is 0. The van der Waals surface area contributed by atoms with Crippen LogP contribution in [-0.4, -0.2) is 59.6 Å².